The van der Waals surface area contributed by atoms with Gasteiger partial charge in [-0.15, -0.1) is 0 Å². The van der Waals surface area contributed by atoms with Gasteiger partial charge < -0.3 is 25.0 Å². The van der Waals surface area contributed by atoms with E-state index in [0.29, 0.717) is 35.4 Å². The van der Waals surface area contributed by atoms with E-state index in [2.05, 4.69) is 15.3 Å². The molecule has 0 fully saturated rings. The molecule has 0 spiro atoms. The summed E-state index contributed by atoms with van der Waals surface area (Å²) in [6, 6.07) is 10.5. The molecule has 1 heterocycles. The number of aromatic nitrogens is 2. The van der Waals surface area contributed by atoms with E-state index in [4.69, 9.17) is 16.3 Å². The molecule has 0 bridgehead atoms. The second-order valence-electron chi connectivity index (χ2n) is 10.1. The summed E-state index contributed by atoms with van der Waals surface area (Å²) in [5.74, 6) is -0.495. The van der Waals surface area contributed by atoms with Crippen molar-refractivity contribution in [3.05, 3.63) is 65.3 Å². The normalized spacial score (nSPS) is 12.0. The molecule has 1 aromatic heterocycles. The maximum atomic E-state index is 13.9. The van der Waals surface area contributed by atoms with Crippen LogP contribution in [0.3, 0.4) is 0 Å². The Hall–Kier alpha value is -4.10. The lowest BCUT2D eigenvalue weighted by atomic mass is 10.1. The van der Waals surface area contributed by atoms with Crippen LogP contribution in [-0.4, -0.2) is 79.7 Å². The molecule has 2 N–H and O–H groups in total. The minimum Gasteiger partial charge on any atom is -0.480 e. The molecule has 3 rings (SSSR count). The van der Waals surface area contributed by atoms with Crippen LogP contribution in [-0.2, 0) is 21.2 Å². The number of carboxylic acid groups (broad SMARTS) is 1. The van der Waals surface area contributed by atoms with Crippen LogP contribution >= 0.6 is 11.6 Å². The van der Waals surface area contributed by atoms with E-state index in [1.54, 1.807) is 52.2 Å². The van der Waals surface area contributed by atoms with Gasteiger partial charge in [0, 0.05) is 44.7 Å². The minimum absolute atomic E-state index is 0.00853. The van der Waals surface area contributed by atoms with Crippen LogP contribution in [0.4, 0.5) is 22.2 Å². The fraction of sp³-hybridized carbons (Fsp3) is 0.379. The van der Waals surface area contributed by atoms with Gasteiger partial charge in [-0.05, 0) is 69.7 Å². The van der Waals surface area contributed by atoms with Gasteiger partial charge in [-0.1, -0.05) is 23.7 Å². The van der Waals surface area contributed by atoms with Crippen LogP contribution in [0.5, 0.6) is 5.75 Å². The van der Waals surface area contributed by atoms with Crippen molar-refractivity contribution in [2.75, 3.05) is 41.7 Å². The monoisotopic (exact) mass is 632 g/mol. The third-order valence-electron chi connectivity index (χ3n) is 6.42. The first kappa shape index (κ1) is 33.4. The molecule has 0 aliphatic carbocycles. The van der Waals surface area contributed by atoms with Gasteiger partial charge in [-0.25, -0.2) is 23.0 Å². The maximum Gasteiger partial charge on any atom is 0.414 e. The molecule has 0 unspecified atom stereocenters. The Morgan fingerprint density at radius 1 is 1.02 bits per heavy atom. The number of hydrogen-bond acceptors (Lipinski definition) is 9. The molecular weight excluding hydrogens is 596 g/mol. The summed E-state index contributed by atoms with van der Waals surface area (Å²) in [5.41, 5.74) is 0.733. The second-order valence-corrected chi connectivity index (χ2v) is 12.3. The summed E-state index contributed by atoms with van der Waals surface area (Å²) in [5, 5.41) is 13.5. The van der Waals surface area contributed by atoms with E-state index >= 15 is 0 Å². The van der Waals surface area contributed by atoms with E-state index in [0.717, 1.165) is 4.31 Å². The topological polar surface area (TPSA) is 145 Å². The molecule has 14 heteroatoms. The first-order valence-electron chi connectivity index (χ1n) is 13.7. The average molecular weight is 633 g/mol. The summed E-state index contributed by atoms with van der Waals surface area (Å²) >= 11 is 5.99. The lowest BCUT2D eigenvalue weighted by Crippen LogP contribution is -2.39. The highest BCUT2D eigenvalue weighted by molar-refractivity contribution is 7.92. The fourth-order valence-electron chi connectivity index (χ4n) is 4.18. The number of nitrogens with zero attached hydrogens (tertiary/aromatic N) is 5. The van der Waals surface area contributed by atoms with Crippen LogP contribution in [0.2, 0.25) is 5.02 Å². The zero-order chi connectivity index (χ0) is 31.9. The molecule has 0 saturated carbocycles. The number of anilines is 3. The second kappa shape index (κ2) is 14.4. The number of sulfonamides is 1. The molecule has 12 nitrogen and oxygen atoms in total. The molecule has 0 aliphatic rings. The van der Waals surface area contributed by atoms with Crippen LogP contribution < -0.4 is 19.3 Å². The summed E-state index contributed by atoms with van der Waals surface area (Å²) < 4.78 is 34.1. The van der Waals surface area contributed by atoms with E-state index in [1.807, 2.05) is 18.7 Å². The number of amides is 1. The molecule has 0 radical (unpaired) electrons. The standard InChI is InChI=1S/C29H37ClN6O6S/c1-7-35(8-2)28-31-18-25(36(19(3)4)43(40,41)23-15-11-21(30)12-16-23)26(33-28)32-24(27(37)38)17-20-9-13-22(14-10-20)42-29(39)34(5)6/h9-16,18-19,24H,7-8,17H2,1-6H3,(H,37,38)(H,31,32,33)/t24-/m0/s1. The lowest BCUT2D eigenvalue weighted by molar-refractivity contribution is -0.137. The zero-order valence-electron chi connectivity index (χ0n) is 25.0. The molecule has 3 aromatic rings. The van der Waals surface area contributed by atoms with Crippen molar-refractivity contribution in [3.63, 3.8) is 0 Å². The number of ether oxygens (including phenoxy) is 1. The van der Waals surface area contributed by atoms with Crippen molar-refractivity contribution in [2.45, 2.75) is 51.1 Å². The van der Waals surface area contributed by atoms with Crippen molar-refractivity contribution in [3.8, 4) is 5.75 Å². The van der Waals surface area contributed by atoms with Crippen molar-refractivity contribution in [2.24, 2.45) is 0 Å². The van der Waals surface area contributed by atoms with Gasteiger partial charge in [-0.2, -0.15) is 4.98 Å². The predicted octanol–water partition coefficient (Wildman–Crippen LogP) is 4.75. The highest BCUT2D eigenvalue weighted by atomic mass is 35.5. The lowest BCUT2D eigenvalue weighted by Gasteiger charge is -2.31. The third-order valence-corrected chi connectivity index (χ3v) is 8.68. The number of carbonyl (C=O) groups is 2. The number of nitrogens with one attached hydrogen (secondary N) is 1. The number of benzene rings is 2. The number of carboxylic acids is 1. The average Bonchev–Trinajstić information content (AvgIpc) is 2.95. The van der Waals surface area contributed by atoms with Gasteiger partial charge in [0.15, 0.2) is 5.82 Å². The molecule has 43 heavy (non-hydrogen) atoms. The fourth-order valence-corrected chi connectivity index (χ4v) is 5.97. The zero-order valence-corrected chi connectivity index (χ0v) is 26.6. The van der Waals surface area contributed by atoms with Gasteiger partial charge in [0.25, 0.3) is 10.0 Å². The minimum atomic E-state index is -4.12. The highest BCUT2D eigenvalue weighted by Gasteiger charge is 2.32. The Morgan fingerprint density at radius 2 is 1.63 bits per heavy atom. The van der Waals surface area contributed by atoms with Gasteiger partial charge in [0.05, 0.1) is 11.1 Å². The van der Waals surface area contributed by atoms with Gasteiger partial charge in [0.1, 0.15) is 17.5 Å². The Kier molecular flexibility index (Phi) is 11.2. The Bertz CT molecular complexity index is 1510. The summed E-state index contributed by atoms with van der Waals surface area (Å²) in [7, 11) is -0.997. The van der Waals surface area contributed by atoms with E-state index in [-0.39, 0.29) is 22.8 Å². The number of hydrogen-bond donors (Lipinski definition) is 2. The van der Waals surface area contributed by atoms with E-state index in [9.17, 15) is 23.1 Å². The number of carbonyl (C=O) groups excluding carboxylic acids is 1. The van der Waals surface area contributed by atoms with Crippen LogP contribution in [0.15, 0.2) is 59.6 Å². The molecule has 0 aliphatic heterocycles. The van der Waals surface area contributed by atoms with E-state index < -0.39 is 34.2 Å². The first-order chi connectivity index (χ1) is 20.3. The van der Waals surface area contributed by atoms with Crippen molar-refractivity contribution < 1.29 is 27.9 Å². The van der Waals surface area contributed by atoms with Gasteiger partial charge >= 0.3 is 12.1 Å². The molecule has 0 saturated heterocycles. The SMILES string of the molecule is CCN(CC)c1ncc(N(C(C)C)S(=O)(=O)c2ccc(Cl)cc2)c(N[C@@H](Cc2ccc(OC(=O)N(C)C)cc2)C(=O)O)n1. The number of halogens is 1. The number of aliphatic carboxylic acids is 1. The highest BCUT2D eigenvalue weighted by Crippen LogP contribution is 2.33. The molecule has 1 atom stereocenters. The Labute approximate surface area is 257 Å². The summed E-state index contributed by atoms with van der Waals surface area (Å²) in [6.45, 7) is 8.43. The Morgan fingerprint density at radius 3 is 2.14 bits per heavy atom. The molecule has 1 amide bonds. The summed E-state index contributed by atoms with van der Waals surface area (Å²) in [6.07, 6.45) is 0.872. The Balaban J connectivity index is 2.05. The first-order valence-corrected chi connectivity index (χ1v) is 15.5. The summed E-state index contributed by atoms with van der Waals surface area (Å²) in [4.78, 5) is 36.5. The van der Waals surface area contributed by atoms with Crippen molar-refractivity contribution in [1.82, 2.24) is 14.9 Å². The molecule has 232 valence electrons. The van der Waals surface area contributed by atoms with Crippen LogP contribution in [0.1, 0.15) is 33.3 Å². The van der Waals surface area contributed by atoms with Gasteiger partial charge in [-0.3, -0.25) is 4.31 Å². The number of rotatable bonds is 13. The van der Waals surface area contributed by atoms with Crippen molar-refractivity contribution in [1.29, 1.82) is 0 Å². The largest absolute Gasteiger partial charge is 0.480 e. The van der Waals surface area contributed by atoms with Crippen LogP contribution in [0.25, 0.3) is 0 Å². The van der Waals surface area contributed by atoms with Crippen LogP contribution in [0, 0.1) is 0 Å². The molecular formula is C29H37ClN6O6S. The van der Waals surface area contributed by atoms with Crippen molar-refractivity contribution >= 4 is 51.1 Å². The third kappa shape index (κ3) is 8.26. The van der Waals surface area contributed by atoms with E-state index in [1.165, 1.54) is 35.4 Å². The van der Waals surface area contributed by atoms with Gasteiger partial charge in [0.2, 0.25) is 5.95 Å². The predicted molar refractivity (Wildman–Crippen MR) is 167 cm³/mol. The smallest absolute Gasteiger partial charge is 0.414 e. The molecule has 2 aromatic carbocycles. The maximum absolute atomic E-state index is 13.9. The quantitative estimate of drug-likeness (QED) is 0.271.